The molecule has 0 unspecified atom stereocenters. The molecule has 0 heterocycles. The monoisotopic (exact) mass is 358 g/mol. The molecular formula is C21H20F2O3. The van der Waals surface area contributed by atoms with E-state index in [0.717, 1.165) is 31.9 Å². The molecule has 5 heteroatoms. The summed E-state index contributed by atoms with van der Waals surface area (Å²) in [4.78, 5) is 10.8. The highest BCUT2D eigenvalue weighted by Crippen LogP contribution is 2.22. The number of esters is 1. The van der Waals surface area contributed by atoms with Crippen LogP contribution < -0.4 is 9.47 Å². The van der Waals surface area contributed by atoms with Crippen LogP contribution in [-0.4, -0.2) is 12.6 Å². The van der Waals surface area contributed by atoms with Gasteiger partial charge in [0.25, 0.3) is 0 Å². The average Bonchev–Trinajstić information content (AvgIpc) is 2.63. The highest BCUT2D eigenvalue weighted by Gasteiger charge is 2.14. The van der Waals surface area contributed by atoms with E-state index >= 15 is 0 Å². The minimum atomic E-state index is -1.23. The van der Waals surface area contributed by atoms with Crippen molar-refractivity contribution >= 4 is 5.97 Å². The smallest absolute Gasteiger partial charge is 0.308 e. The van der Waals surface area contributed by atoms with Crippen molar-refractivity contribution in [2.45, 2.75) is 33.1 Å². The zero-order valence-corrected chi connectivity index (χ0v) is 14.8. The molecule has 3 nitrogen and oxygen atoms in total. The number of hydrogen-bond acceptors (Lipinski definition) is 3. The summed E-state index contributed by atoms with van der Waals surface area (Å²) in [5, 5.41) is 0. The number of unbranched alkanes of at least 4 members (excludes halogenated alkanes) is 2. The maximum Gasteiger partial charge on any atom is 0.308 e. The lowest BCUT2D eigenvalue weighted by atomic mass is 10.1. The molecule has 0 saturated heterocycles. The topological polar surface area (TPSA) is 35.5 Å². The molecule has 0 fully saturated rings. The van der Waals surface area contributed by atoms with E-state index in [9.17, 15) is 13.6 Å². The number of carbonyl (C=O) groups is 1. The number of halogens is 2. The Bertz CT molecular complexity index is 818. The number of rotatable bonds is 6. The van der Waals surface area contributed by atoms with Crippen molar-refractivity contribution in [3.05, 3.63) is 59.2 Å². The van der Waals surface area contributed by atoms with Crippen LogP contribution in [0.3, 0.4) is 0 Å². The van der Waals surface area contributed by atoms with Gasteiger partial charge in [-0.15, -0.1) is 0 Å². The van der Waals surface area contributed by atoms with E-state index in [2.05, 4.69) is 23.5 Å². The fourth-order valence-electron chi connectivity index (χ4n) is 2.18. The first-order valence-electron chi connectivity index (χ1n) is 8.42. The van der Waals surface area contributed by atoms with Crippen molar-refractivity contribution < 1.29 is 23.0 Å². The standard InChI is InChI=1S/C21H20F2O3/c1-3-4-5-14-25-18-11-7-16(8-12-18)6-9-17-10-13-19(26-15(2)24)21(23)20(17)22/h7-8,10-13H,3-5,14H2,1-2H3. The minimum Gasteiger partial charge on any atom is -0.494 e. The third kappa shape index (κ3) is 5.59. The van der Waals surface area contributed by atoms with Crippen molar-refractivity contribution in [1.29, 1.82) is 0 Å². The van der Waals surface area contributed by atoms with Crippen LogP contribution in [0.5, 0.6) is 11.5 Å². The molecule has 0 bridgehead atoms. The Balaban J connectivity index is 2.07. The van der Waals surface area contributed by atoms with E-state index in [1.54, 1.807) is 24.3 Å². The third-order valence-corrected chi connectivity index (χ3v) is 3.51. The van der Waals surface area contributed by atoms with Crippen molar-refractivity contribution in [3.63, 3.8) is 0 Å². The molecule has 0 aromatic heterocycles. The van der Waals surface area contributed by atoms with Gasteiger partial charge < -0.3 is 9.47 Å². The fourth-order valence-corrected chi connectivity index (χ4v) is 2.18. The number of benzene rings is 2. The first-order valence-corrected chi connectivity index (χ1v) is 8.42. The lowest BCUT2D eigenvalue weighted by Gasteiger charge is -2.05. The van der Waals surface area contributed by atoms with E-state index in [1.807, 2.05) is 0 Å². The molecule has 0 radical (unpaired) electrons. The number of hydrogen-bond donors (Lipinski definition) is 0. The summed E-state index contributed by atoms with van der Waals surface area (Å²) in [5.41, 5.74) is 0.535. The summed E-state index contributed by atoms with van der Waals surface area (Å²) in [5.74, 6) is 2.55. The molecule has 0 aliphatic heterocycles. The third-order valence-electron chi connectivity index (χ3n) is 3.51. The Kier molecular flexibility index (Phi) is 7.16. The summed E-state index contributed by atoms with van der Waals surface area (Å²) in [6, 6.07) is 9.53. The van der Waals surface area contributed by atoms with Crippen LogP contribution in [0.1, 0.15) is 44.2 Å². The van der Waals surface area contributed by atoms with Crippen molar-refractivity contribution in [2.75, 3.05) is 6.61 Å². The van der Waals surface area contributed by atoms with Crippen molar-refractivity contribution in [2.24, 2.45) is 0 Å². The predicted molar refractivity (Wildman–Crippen MR) is 95.1 cm³/mol. The SMILES string of the molecule is CCCCCOc1ccc(C#Cc2ccc(OC(C)=O)c(F)c2F)cc1. The van der Waals surface area contributed by atoms with Crippen LogP contribution in [0.2, 0.25) is 0 Å². The van der Waals surface area contributed by atoms with E-state index < -0.39 is 23.4 Å². The highest BCUT2D eigenvalue weighted by molar-refractivity contribution is 5.69. The van der Waals surface area contributed by atoms with Crippen LogP contribution in [-0.2, 0) is 4.79 Å². The molecule has 0 spiro atoms. The molecule has 0 aliphatic rings. The summed E-state index contributed by atoms with van der Waals surface area (Å²) in [7, 11) is 0. The van der Waals surface area contributed by atoms with Gasteiger partial charge in [0.15, 0.2) is 11.6 Å². The van der Waals surface area contributed by atoms with Crippen LogP contribution in [0.15, 0.2) is 36.4 Å². The molecule has 0 saturated carbocycles. The summed E-state index contributed by atoms with van der Waals surface area (Å²) < 4.78 is 38.0. The van der Waals surface area contributed by atoms with Crippen LogP contribution in [0.4, 0.5) is 8.78 Å². The lowest BCUT2D eigenvalue weighted by Crippen LogP contribution is -2.05. The second-order valence-corrected chi connectivity index (χ2v) is 5.66. The maximum atomic E-state index is 14.0. The molecule has 136 valence electrons. The van der Waals surface area contributed by atoms with E-state index in [-0.39, 0.29) is 5.56 Å². The van der Waals surface area contributed by atoms with Gasteiger partial charge in [0.1, 0.15) is 5.75 Å². The van der Waals surface area contributed by atoms with E-state index in [0.29, 0.717) is 12.2 Å². The Morgan fingerprint density at radius 3 is 2.38 bits per heavy atom. The van der Waals surface area contributed by atoms with Gasteiger partial charge in [-0.2, -0.15) is 4.39 Å². The summed E-state index contributed by atoms with van der Waals surface area (Å²) in [6.45, 7) is 3.91. The summed E-state index contributed by atoms with van der Waals surface area (Å²) >= 11 is 0. The Morgan fingerprint density at radius 2 is 1.73 bits per heavy atom. The molecular weight excluding hydrogens is 338 g/mol. The quantitative estimate of drug-likeness (QED) is 0.320. The van der Waals surface area contributed by atoms with Gasteiger partial charge in [-0.1, -0.05) is 31.6 Å². The predicted octanol–water partition coefficient (Wildman–Crippen LogP) is 4.86. The lowest BCUT2D eigenvalue weighted by molar-refractivity contribution is -0.132. The van der Waals surface area contributed by atoms with Gasteiger partial charge in [-0.25, -0.2) is 4.39 Å². The fraction of sp³-hybridized carbons (Fsp3) is 0.286. The van der Waals surface area contributed by atoms with Gasteiger partial charge in [0.05, 0.1) is 12.2 Å². The molecule has 0 amide bonds. The Labute approximate surface area is 151 Å². The molecule has 2 rings (SSSR count). The second kappa shape index (κ2) is 9.57. The van der Waals surface area contributed by atoms with Gasteiger partial charge >= 0.3 is 5.97 Å². The second-order valence-electron chi connectivity index (χ2n) is 5.66. The van der Waals surface area contributed by atoms with Gasteiger partial charge in [-0.05, 0) is 42.8 Å². The zero-order chi connectivity index (χ0) is 18.9. The highest BCUT2D eigenvalue weighted by atomic mass is 19.2. The largest absolute Gasteiger partial charge is 0.494 e. The average molecular weight is 358 g/mol. The molecule has 2 aromatic carbocycles. The van der Waals surface area contributed by atoms with Crippen molar-refractivity contribution in [3.8, 4) is 23.3 Å². The first-order chi connectivity index (χ1) is 12.5. The summed E-state index contributed by atoms with van der Waals surface area (Å²) in [6.07, 6.45) is 3.27. The number of ether oxygens (including phenoxy) is 2. The Hall–Kier alpha value is -2.87. The zero-order valence-electron chi connectivity index (χ0n) is 14.8. The number of carbonyl (C=O) groups excluding carboxylic acids is 1. The van der Waals surface area contributed by atoms with E-state index in [1.165, 1.54) is 12.1 Å². The molecule has 2 aromatic rings. The van der Waals surface area contributed by atoms with Gasteiger partial charge in [0.2, 0.25) is 5.82 Å². The molecule has 0 N–H and O–H groups in total. The van der Waals surface area contributed by atoms with Crippen LogP contribution >= 0.6 is 0 Å². The first kappa shape index (κ1) is 19.5. The maximum absolute atomic E-state index is 14.0. The molecule has 0 aliphatic carbocycles. The van der Waals surface area contributed by atoms with Gasteiger partial charge in [0, 0.05) is 12.5 Å². The minimum absolute atomic E-state index is 0.113. The Morgan fingerprint density at radius 1 is 1.00 bits per heavy atom. The normalized spacial score (nSPS) is 10.0. The van der Waals surface area contributed by atoms with Crippen LogP contribution in [0, 0.1) is 23.5 Å². The van der Waals surface area contributed by atoms with Gasteiger partial charge in [-0.3, -0.25) is 4.79 Å². The van der Waals surface area contributed by atoms with Crippen LogP contribution in [0.25, 0.3) is 0 Å². The molecule has 26 heavy (non-hydrogen) atoms. The van der Waals surface area contributed by atoms with Crippen molar-refractivity contribution in [1.82, 2.24) is 0 Å². The molecule has 0 atom stereocenters. The van der Waals surface area contributed by atoms with E-state index in [4.69, 9.17) is 4.74 Å².